The van der Waals surface area contributed by atoms with Crippen molar-refractivity contribution in [2.75, 3.05) is 0 Å². The number of carbonyl (C=O) groups is 1. The molecule has 6 N–H and O–H groups in total. The third kappa shape index (κ3) is 3.77. The van der Waals surface area contributed by atoms with Crippen LogP contribution in [0.2, 0.25) is 0 Å². The summed E-state index contributed by atoms with van der Waals surface area (Å²) in [5.41, 5.74) is 0.276. The Kier molecular flexibility index (Phi) is 5.23. The van der Waals surface area contributed by atoms with E-state index < -0.39 is 42.2 Å². The van der Waals surface area contributed by atoms with Crippen molar-refractivity contribution in [3.63, 3.8) is 0 Å². The molecule has 0 aromatic heterocycles. The van der Waals surface area contributed by atoms with E-state index in [9.17, 15) is 35.4 Å². The van der Waals surface area contributed by atoms with E-state index in [0.29, 0.717) is 5.56 Å². The standard InChI is InChI=1S/C21H20O10/c1-8-17(25)19(27)20(28)21(29-8)30-10-6-13(24)16-14(7-10)31-15(18(16)26)5-9-2-3-11(22)12(23)4-9/h2-8,17,19-25,27-28H,1H3/t8?,17-,19-,20?,21-/m0/s1. The van der Waals surface area contributed by atoms with Crippen molar-refractivity contribution < 1.29 is 49.6 Å². The molecule has 2 aromatic carbocycles. The van der Waals surface area contributed by atoms with Crippen molar-refractivity contribution in [3.05, 3.63) is 47.2 Å². The SMILES string of the molecule is CC1O[C@@H](Oc2cc(O)c3c(c2)OC(=Cc2ccc(O)c(O)c2)C3=O)C(O)[C@@H](O)[C@H]1O. The van der Waals surface area contributed by atoms with Gasteiger partial charge in [-0.25, -0.2) is 0 Å². The number of hydrogen-bond acceptors (Lipinski definition) is 10. The third-order valence-corrected chi connectivity index (χ3v) is 5.08. The summed E-state index contributed by atoms with van der Waals surface area (Å²) in [5.74, 6) is -1.87. The lowest BCUT2D eigenvalue weighted by molar-refractivity contribution is -0.268. The predicted octanol–water partition coefficient (Wildman–Crippen LogP) is 0.626. The maximum atomic E-state index is 12.6. The number of phenols is 3. The zero-order chi connectivity index (χ0) is 22.4. The van der Waals surface area contributed by atoms with Gasteiger partial charge in [0.05, 0.1) is 6.10 Å². The van der Waals surface area contributed by atoms with Crippen LogP contribution in [0.4, 0.5) is 0 Å². The summed E-state index contributed by atoms with van der Waals surface area (Å²) in [7, 11) is 0. The summed E-state index contributed by atoms with van der Waals surface area (Å²) in [6.45, 7) is 1.50. The molecule has 1 fully saturated rings. The molecule has 0 aliphatic carbocycles. The number of allylic oxidation sites excluding steroid dienone is 1. The predicted molar refractivity (Wildman–Crippen MR) is 104 cm³/mol. The van der Waals surface area contributed by atoms with E-state index in [4.69, 9.17) is 14.2 Å². The van der Waals surface area contributed by atoms with Gasteiger partial charge in [-0.1, -0.05) is 6.07 Å². The Morgan fingerprint density at radius 3 is 2.39 bits per heavy atom. The van der Waals surface area contributed by atoms with Gasteiger partial charge in [-0.05, 0) is 30.7 Å². The minimum absolute atomic E-state index is 0.00631. The molecule has 10 heteroatoms. The molecule has 10 nitrogen and oxygen atoms in total. The number of aromatic hydroxyl groups is 3. The largest absolute Gasteiger partial charge is 0.507 e. The van der Waals surface area contributed by atoms with Gasteiger partial charge >= 0.3 is 0 Å². The number of carbonyl (C=O) groups excluding carboxylic acids is 1. The van der Waals surface area contributed by atoms with Crippen molar-refractivity contribution in [1.82, 2.24) is 0 Å². The van der Waals surface area contributed by atoms with E-state index in [-0.39, 0.29) is 34.3 Å². The molecule has 31 heavy (non-hydrogen) atoms. The molecule has 2 unspecified atom stereocenters. The van der Waals surface area contributed by atoms with Crippen molar-refractivity contribution in [2.24, 2.45) is 0 Å². The zero-order valence-corrected chi connectivity index (χ0v) is 16.2. The molecular weight excluding hydrogens is 412 g/mol. The lowest BCUT2D eigenvalue weighted by Gasteiger charge is -2.38. The smallest absolute Gasteiger partial charge is 0.235 e. The molecule has 4 rings (SSSR count). The highest BCUT2D eigenvalue weighted by molar-refractivity contribution is 6.16. The number of rotatable bonds is 3. The molecule has 0 radical (unpaired) electrons. The molecule has 0 saturated carbocycles. The van der Waals surface area contributed by atoms with Gasteiger partial charge in [-0.3, -0.25) is 4.79 Å². The van der Waals surface area contributed by atoms with Gasteiger partial charge in [0.2, 0.25) is 12.1 Å². The molecule has 0 amide bonds. The van der Waals surface area contributed by atoms with Crippen molar-refractivity contribution >= 4 is 11.9 Å². The molecule has 1 saturated heterocycles. The number of benzene rings is 2. The number of aliphatic hydroxyl groups excluding tert-OH is 3. The van der Waals surface area contributed by atoms with E-state index in [1.807, 2.05) is 0 Å². The Morgan fingerprint density at radius 2 is 1.68 bits per heavy atom. The minimum Gasteiger partial charge on any atom is -0.507 e. The zero-order valence-electron chi connectivity index (χ0n) is 16.2. The molecular formula is C21H20O10. The lowest BCUT2D eigenvalue weighted by Crippen LogP contribution is -2.58. The summed E-state index contributed by atoms with van der Waals surface area (Å²) in [5, 5.41) is 59.0. The van der Waals surface area contributed by atoms with Crippen LogP contribution in [0.1, 0.15) is 22.8 Å². The van der Waals surface area contributed by atoms with Gasteiger partial charge in [-0.2, -0.15) is 0 Å². The fourth-order valence-corrected chi connectivity index (χ4v) is 3.36. The van der Waals surface area contributed by atoms with Crippen LogP contribution in [0.3, 0.4) is 0 Å². The van der Waals surface area contributed by atoms with Crippen LogP contribution in [-0.2, 0) is 4.74 Å². The van der Waals surface area contributed by atoms with E-state index in [0.717, 1.165) is 6.07 Å². The first-order chi connectivity index (χ1) is 14.7. The second kappa shape index (κ2) is 7.75. The van der Waals surface area contributed by atoms with Crippen LogP contribution < -0.4 is 9.47 Å². The number of Topliss-reactive ketones (excluding diaryl/α,β-unsaturated/α-hetero) is 1. The quantitative estimate of drug-likeness (QED) is 0.299. The molecule has 0 spiro atoms. The van der Waals surface area contributed by atoms with Crippen molar-refractivity contribution in [2.45, 2.75) is 37.6 Å². The summed E-state index contributed by atoms with van der Waals surface area (Å²) in [6, 6.07) is 6.38. The molecule has 2 aliphatic rings. The van der Waals surface area contributed by atoms with Crippen LogP contribution in [0.5, 0.6) is 28.7 Å². The number of fused-ring (bicyclic) bond motifs is 1. The highest BCUT2D eigenvalue weighted by Gasteiger charge is 2.43. The average Bonchev–Trinajstić information content (AvgIpc) is 3.03. The highest BCUT2D eigenvalue weighted by atomic mass is 16.7. The topological polar surface area (TPSA) is 166 Å². The Hall–Kier alpha value is -3.31. The average molecular weight is 432 g/mol. The Labute approximate surface area is 175 Å². The summed E-state index contributed by atoms with van der Waals surface area (Å²) >= 11 is 0. The normalized spacial score (nSPS) is 29.0. The number of ether oxygens (including phenoxy) is 3. The number of aliphatic hydroxyl groups is 3. The van der Waals surface area contributed by atoms with E-state index >= 15 is 0 Å². The summed E-state index contributed by atoms with van der Waals surface area (Å²) in [4.78, 5) is 12.6. The first-order valence-corrected chi connectivity index (χ1v) is 9.35. The Balaban J connectivity index is 1.59. The van der Waals surface area contributed by atoms with E-state index in [2.05, 4.69) is 0 Å². The lowest BCUT2D eigenvalue weighted by atomic mass is 10.00. The van der Waals surface area contributed by atoms with Crippen LogP contribution >= 0.6 is 0 Å². The van der Waals surface area contributed by atoms with Gasteiger partial charge in [0, 0.05) is 12.1 Å². The van der Waals surface area contributed by atoms with Crippen LogP contribution in [0, 0.1) is 0 Å². The van der Waals surface area contributed by atoms with Gasteiger partial charge in [0.1, 0.15) is 41.1 Å². The van der Waals surface area contributed by atoms with Crippen LogP contribution in [0.15, 0.2) is 36.1 Å². The summed E-state index contributed by atoms with van der Waals surface area (Å²) < 4.78 is 16.4. The highest BCUT2D eigenvalue weighted by Crippen LogP contribution is 2.42. The second-order valence-electron chi connectivity index (χ2n) is 7.30. The maximum absolute atomic E-state index is 12.6. The molecule has 164 valence electrons. The van der Waals surface area contributed by atoms with Gasteiger partial charge < -0.3 is 44.8 Å². The third-order valence-electron chi connectivity index (χ3n) is 5.08. The van der Waals surface area contributed by atoms with Crippen LogP contribution in [-0.4, -0.2) is 67.1 Å². The first kappa shape index (κ1) is 20.9. The molecule has 0 bridgehead atoms. The van der Waals surface area contributed by atoms with Crippen molar-refractivity contribution in [3.8, 4) is 28.7 Å². The van der Waals surface area contributed by atoms with Crippen molar-refractivity contribution in [1.29, 1.82) is 0 Å². The number of ketones is 1. The monoisotopic (exact) mass is 432 g/mol. The molecule has 5 atom stereocenters. The molecule has 2 heterocycles. The molecule has 2 aromatic rings. The number of hydrogen-bond donors (Lipinski definition) is 6. The minimum atomic E-state index is -1.55. The second-order valence-corrected chi connectivity index (χ2v) is 7.30. The van der Waals surface area contributed by atoms with E-state index in [1.165, 1.54) is 37.3 Å². The van der Waals surface area contributed by atoms with Crippen LogP contribution in [0.25, 0.3) is 6.08 Å². The van der Waals surface area contributed by atoms with Gasteiger partial charge in [0.15, 0.2) is 17.3 Å². The van der Waals surface area contributed by atoms with Gasteiger partial charge in [-0.15, -0.1) is 0 Å². The number of phenolic OH excluding ortho intramolecular Hbond substituents is 3. The first-order valence-electron chi connectivity index (χ1n) is 9.35. The van der Waals surface area contributed by atoms with E-state index in [1.54, 1.807) is 0 Å². The van der Waals surface area contributed by atoms with Gasteiger partial charge in [0.25, 0.3) is 0 Å². The molecule has 2 aliphatic heterocycles. The Bertz CT molecular complexity index is 1060. The summed E-state index contributed by atoms with van der Waals surface area (Å²) in [6.07, 6.45) is -5.17. The maximum Gasteiger partial charge on any atom is 0.235 e. The Morgan fingerprint density at radius 1 is 0.935 bits per heavy atom. The fourth-order valence-electron chi connectivity index (χ4n) is 3.36. The fraction of sp³-hybridized carbons (Fsp3) is 0.286.